The zero-order chi connectivity index (χ0) is 15.4. The van der Waals surface area contributed by atoms with Gasteiger partial charge in [0.1, 0.15) is 0 Å². The van der Waals surface area contributed by atoms with E-state index in [-0.39, 0.29) is 17.9 Å². The number of ether oxygens (including phenoxy) is 1. The molecule has 2 unspecified atom stereocenters. The normalized spacial score (nSPS) is 19.0. The molecule has 2 heterocycles. The van der Waals surface area contributed by atoms with E-state index in [9.17, 15) is 4.79 Å². The summed E-state index contributed by atoms with van der Waals surface area (Å²) in [7, 11) is 0. The van der Waals surface area contributed by atoms with Crippen LogP contribution in [-0.2, 0) is 9.53 Å². The minimum Gasteiger partial charge on any atom is -0.379 e. The molecule has 1 aliphatic rings. The fourth-order valence-electron chi connectivity index (χ4n) is 2.82. The van der Waals surface area contributed by atoms with Crippen molar-refractivity contribution in [3.8, 4) is 0 Å². The Labute approximate surface area is 130 Å². The summed E-state index contributed by atoms with van der Waals surface area (Å²) in [5.41, 5.74) is 1.78. The van der Waals surface area contributed by atoms with Gasteiger partial charge in [-0.05, 0) is 18.4 Å². The Bertz CT molecular complexity index is 618. The number of benzene rings is 1. The van der Waals surface area contributed by atoms with Crippen molar-refractivity contribution in [2.45, 2.75) is 31.7 Å². The molecule has 22 heavy (non-hydrogen) atoms. The molecule has 5 nitrogen and oxygen atoms in total. The molecular formula is C17H21N3O2. The first kappa shape index (κ1) is 14.8. The molecule has 1 amide bonds. The van der Waals surface area contributed by atoms with Crippen LogP contribution in [0.15, 0.2) is 42.7 Å². The number of hydrogen-bond donors (Lipinski definition) is 1. The van der Waals surface area contributed by atoms with Gasteiger partial charge in [0.15, 0.2) is 0 Å². The Hall–Kier alpha value is -2.14. The van der Waals surface area contributed by atoms with Crippen molar-refractivity contribution >= 4 is 11.6 Å². The van der Waals surface area contributed by atoms with Gasteiger partial charge < -0.3 is 10.1 Å². The maximum atomic E-state index is 12.5. The van der Waals surface area contributed by atoms with Crippen LogP contribution in [0.5, 0.6) is 0 Å². The van der Waals surface area contributed by atoms with Crippen molar-refractivity contribution in [2.75, 3.05) is 18.5 Å². The molecule has 1 N–H and O–H groups in total. The molecule has 1 aliphatic heterocycles. The summed E-state index contributed by atoms with van der Waals surface area (Å²) < 4.78 is 7.25. The van der Waals surface area contributed by atoms with E-state index in [2.05, 4.69) is 10.4 Å². The SMILES string of the molecule is CCC(C(=O)Nc1cnn(C2CCOC2)c1)c1ccccc1. The number of nitrogens with zero attached hydrogens (tertiary/aromatic N) is 2. The van der Waals surface area contributed by atoms with Crippen LogP contribution >= 0.6 is 0 Å². The molecule has 0 radical (unpaired) electrons. The maximum absolute atomic E-state index is 12.5. The van der Waals surface area contributed by atoms with Gasteiger partial charge in [0.2, 0.25) is 5.91 Å². The predicted molar refractivity (Wildman–Crippen MR) is 84.8 cm³/mol. The van der Waals surface area contributed by atoms with Crippen molar-refractivity contribution in [3.05, 3.63) is 48.3 Å². The molecule has 0 saturated carbocycles. The minimum atomic E-state index is -0.139. The molecule has 3 rings (SSSR count). The number of anilines is 1. The topological polar surface area (TPSA) is 56.2 Å². The van der Waals surface area contributed by atoms with Gasteiger partial charge in [0.25, 0.3) is 0 Å². The number of carbonyl (C=O) groups excluding carboxylic acids is 1. The van der Waals surface area contributed by atoms with E-state index in [1.807, 2.05) is 48.1 Å². The van der Waals surface area contributed by atoms with Crippen molar-refractivity contribution in [3.63, 3.8) is 0 Å². The fraction of sp³-hybridized carbons (Fsp3) is 0.412. The first-order valence-corrected chi connectivity index (χ1v) is 7.75. The Kier molecular flexibility index (Phi) is 4.53. The van der Waals surface area contributed by atoms with E-state index in [4.69, 9.17) is 4.74 Å². The molecule has 2 atom stereocenters. The maximum Gasteiger partial charge on any atom is 0.231 e. The minimum absolute atomic E-state index is 0.0101. The molecule has 5 heteroatoms. The number of amides is 1. The summed E-state index contributed by atoms with van der Waals surface area (Å²) in [6.45, 7) is 3.49. The number of nitrogens with one attached hydrogen (secondary N) is 1. The lowest BCUT2D eigenvalue weighted by Crippen LogP contribution is -2.20. The summed E-state index contributed by atoms with van der Waals surface area (Å²) in [6, 6.07) is 10.1. The van der Waals surface area contributed by atoms with Crippen molar-refractivity contribution in [2.24, 2.45) is 0 Å². The van der Waals surface area contributed by atoms with Crippen LogP contribution in [0.25, 0.3) is 0 Å². The third kappa shape index (κ3) is 3.20. The second-order valence-corrected chi connectivity index (χ2v) is 5.59. The van der Waals surface area contributed by atoms with Gasteiger partial charge in [-0.2, -0.15) is 5.10 Å². The van der Waals surface area contributed by atoms with Crippen LogP contribution in [0, 0.1) is 0 Å². The highest BCUT2D eigenvalue weighted by molar-refractivity contribution is 5.95. The van der Waals surface area contributed by atoms with Gasteiger partial charge in [0, 0.05) is 12.8 Å². The monoisotopic (exact) mass is 299 g/mol. The zero-order valence-corrected chi connectivity index (χ0v) is 12.7. The standard InChI is InChI=1S/C17H21N3O2/c1-2-16(13-6-4-3-5-7-13)17(21)19-14-10-18-20(11-14)15-8-9-22-12-15/h3-7,10-11,15-16H,2,8-9,12H2,1H3,(H,19,21). The van der Waals surface area contributed by atoms with Gasteiger partial charge in [-0.3, -0.25) is 9.48 Å². The third-order valence-corrected chi connectivity index (χ3v) is 4.08. The highest BCUT2D eigenvalue weighted by atomic mass is 16.5. The van der Waals surface area contributed by atoms with E-state index >= 15 is 0 Å². The van der Waals surface area contributed by atoms with Crippen LogP contribution in [-0.4, -0.2) is 28.9 Å². The molecule has 0 spiro atoms. The van der Waals surface area contributed by atoms with E-state index in [0.717, 1.165) is 30.7 Å². The number of carbonyl (C=O) groups is 1. The zero-order valence-electron chi connectivity index (χ0n) is 12.7. The molecule has 116 valence electrons. The third-order valence-electron chi connectivity index (χ3n) is 4.08. The van der Waals surface area contributed by atoms with Crippen LogP contribution < -0.4 is 5.32 Å². The molecule has 0 bridgehead atoms. The van der Waals surface area contributed by atoms with Crippen molar-refractivity contribution in [1.82, 2.24) is 9.78 Å². The van der Waals surface area contributed by atoms with E-state index in [0.29, 0.717) is 6.61 Å². The van der Waals surface area contributed by atoms with Crippen LogP contribution in [0.4, 0.5) is 5.69 Å². The number of aromatic nitrogens is 2. The van der Waals surface area contributed by atoms with E-state index < -0.39 is 0 Å². The lowest BCUT2D eigenvalue weighted by Gasteiger charge is -2.14. The van der Waals surface area contributed by atoms with Gasteiger partial charge in [-0.25, -0.2) is 0 Å². The van der Waals surface area contributed by atoms with Gasteiger partial charge in [-0.1, -0.05) is 37.3 Å². The number of rotatable bonds is 5. The summed E-state index contributed by atoms with van der Waals surface area (Å²) in [5, 5.41) is 7.30. The molecular weight excluding hydrogens is 278 g/mol. The summed E-state index contributed by atoms with van der Waals surface area (Å²) in [6.07, 6.45) is 5.32. The first-order chi connectivity index (χ1) is 10.8. The predicted octanol–water partition coefficient (Wildman–Crippen LogP) is 2.98. The Morgan fingerprint density at radius 3 is 2.95 bits per heavy atom. The molecule has 1 aromatic heterocycles. The van der Waals surface area contributed by atoms with Crippen LogP contribution in [0.1, 0.15) is 37.3 Å². The Morgan fingerprint density at radius 1 is 1.45 bits per heavy atom. The average molecular weight is 299 g/mol. The quantitative estimate of drug-likeness (QED) is 0.923. The second-order valence-electron chi connectivity index (χ2n) is 5.59. The van der Waals surface area contributed by atoms with Crippen LogP contribution in [0.2, 0.25) is 0 Å². The number of hydrogen-bond acceptors (Lipinski definition) is 3. The molecule has 2 aromatic rings. The summed E-state index contributed by atoms with van der Waals surface area (Å²) in [4.78, 5) is 12.5. The van der Waals surface area contributed by atoms with Crippen molar-refractivity contribution < 1.29 is 9.53 Å². The highest BCUT2D eigenvalue weighted by Gasteiger charge is 2.21. The molecule has 1 saturated heterocycles. The molecule has 1 fully saturated rings. The van der Waals surface area contributed by atoms with Gasteiger partial charge in [-0.15, -0.1) is 0 Å². The van der Waals surface area contributed by atoms with Gasteiger partial charge in [0.05, 0.1) is 30.5 Å². The Balaban J connectivity index is 1.68. The lowest BCUT2D eigenvalue weighted by molar-refractivity contribution is -0.117. The van der Waals surface area contributed by atoms with Gasteiger partial charge >= 0.3 is 0 Å². The Morgan fingerprint density at radius 2 is 2.27 bits per heavy atom. The molecule has 0 aliphatic carbocycles. The lowest BCUT2D eigenvalue weighted by atomic mass is 9.96. The first-order valence-electron chi connectivity index (χ1n) is 7.75. The summed E-state index contributed by atoms with van der Waals surface area (Å²) >= 11 is 0. The second kappa shape index (κ2) is 6.75. The largest absolute Gasteiger partial charge is 0.379 e. The van der Waals surface area contributed by atoms with Crippen LogP contribution in [0.3, 0.4) is 0 Å². The van der Waals surface area contributed by atoms with E-state index in [1.165, 1.54) is 0 Å². The average Bonchev–Trinajstić information content (AvgIpc) is 3.20. The smallest absolute Gasteiger partial charge is 0.231 e. The molecule has 1 aromatic carbocycles. The fourth-order valence-corrected chi connectivity index (χ4v) is 2.82. The van der Waals surface area contributed by atoms with Crippen molar-refractivity contribution in [1.29, 1.82) is 0 Å². The van der Waals surface area contributed by atoms with E-state index in [1.54, 1.807) is 6.20 Å². The highest BCUT2D eigenvalue weighted by Crippen LogP contribution is 2.23. The summed E-state index contributed by atoms with van der Waals surface area (Å²) in [5.74, 6) is -0.129.